The van der Waals surface area contributed by atoms with Gasteiger partial charge >= 0.3 is 197 Å². The molecule has 0 aliphatic heterocycles. The average Bonchev–Trinajstić information content (AvgIpc) is 3.20. The molecule has 0 aromatic heterocycles. The van der Waals surface area contributed by atoms with Crippen molar-refractivity contribution < 1.29 is 15.6 Å². The molecule has 2 unspecified atom stereocenters. The summed E-state index contributed by atoms with van der Waals surface area (Å²) in [6.45, 7) is 23.4. The Morgan fingerprint density at radius 3 is 1.33 bits per heavy atom. The van der Waals surface area contributed by atoms with E-state index in [-0.39, 0.29) is 18.1 Å². The van der Waals surface area contributed by atoms with Crippen molar-refractivity contribution in [2.45, 2.75) is 101 Å². The second kappa shape index (κ2) is 9.12. The van der Waals surface area contributed by atoms with Crippen LogP contribution >= 0.6 is 17.0 Å². The van der Waals surface area contributed by atoms with Crippen LogP contribution in [0.3, 0.4) is 0 Å². The minimum atomic E-state index is -4.34. The summed E-state index contributed by atoms with van der Waals surface area (Å²) in [5.74, 6) is -1.37. The molecule has 2 aliphatic carbocycles. The van der Waals surface area contributed by atoms with Crippen LogP contribution in [0.25, 0.3) is 0 Å². The van der Waals surface area contributed by atoms with Gasteiger partial charge in [-0.3, -0.25) is 0 Å². The summed E-state index contributed by atoms with van der Waals surface area (Å²) in [7, 11) is 16.3. The second-order valence-electron chi connectivity index (χ2n) is 12.0. The Kier molecular flexibility index (Phi) is 8.17. The van der Waals surface area contributed by atoms with Crippen molar-refractivity contribution in [2.24, 2.45) is 10.8 Å². The van der Waals surface area contributed by atoms with Crippen LogP contribution in [0.4, 0.5) is 0 Å². The van der Waals surface area contributed by atoms with E-state index >= 15 is 0 Å². The molecule has 0 aromatic carbocycles. The number of rotatable bonds is 7. The Hall–Kier alpha value is 0.640. The first-order valence-corrected chi connectivity index (χ1v) is 28.3. The Balaban J connectivity index is 2.75. The molecule has 4 heteroatoms. The normalized spacial score (nSPS) is 24.4. The van der Waals surface area contributed by atoms with E-state index in [1.807, 2.05) is 0 Å². The fourth-order valence-electron chi connectivity index (χ4n) is 5.36. The molecule has 171 valence electrons. The van der Waals surface area contributed by atoms with E-state index in [1.165, 1.54) is 22.3 Å². The zero-order valence-corrected chi connectivity index (χ0v) is 26.3. The third-order valence-electron chi connectivity index (χ3n) is 7.21. The molecule has 0 heterocycles. The SMILES string of the molecule is CCCC1=C[CH]([Zr]([Cl])([Cl])([CH]2C=C(CCC)C=C2C(C)(C)C)[SiH](C)C)C(C(C)(C)C)=C1. The van der Waals surface area contributed by atoms with Gasteiger partial charge in [-0.25, -0.2) is 0 Å². The van der Waals surface area contributed by atoms with E-state index in [9.17, 15) is 0 Å². The summed E-state index contributed by atoms with van der Waals surface area (Å²) >= 11 is -4.34. The Bertz CT molecular complexity index is 725. The molecule has 0 bridgehead atoms. The Morgan fingerprint density at radius 1 is 0.767 bits per heavy atom. The van der Waals surface area contributed by atoms with Gasteiger partial charge in [-0.2, -0.15) is 0 Å². The van der Waals surface area contributed by atoms with E-state index in [2.05, 4.69) is 92.8 Å². The molecule has 2 aliphatic rings. The third kappa shape index (κ3) is 4.93. The van der Waals surface area contributed by atoms with Crippen molar-refractivity contribution in [3.05, 3.63) is 46.6 Å². The molecule has 0 amide bonds. The molecular formula is C26H45Cl2SiZr. The van der Waals surface area contributed by atoms with Crippen LogP contribution in [-0.2, 0) is 15.6 Å². The van der Waals surface area contributed by atoms with E-state index in [0.29, 0.717) is 0 Å². The summed E-state index contributed by atoms with van der Waals surface area (Å²) < 4.78 is 0.520. The summed E-state index contributed by atoms with van der Waals surface area (Å²) in [5, 5.41) is 0. The van der Waals surface area contributed by atoms with Crippen LogP contribution in [-0.4, -0.2) is 5.92 Å². The van der Waals surface area contributed by atoms with Crippen molar-refractivity contribution >= 4 is 22.9 Å². The average molecular weight is 548 g/mol. The van der Waals surface area contributed by atoms with Crippen molar-refractivity contribution in [2.75, 3.05) is 0 Å². The van der Waals surface area contributed by atoms with Crippen LogP contribution < -0.4 is 0 Å². The quantitative estimate of drug-likeness (QED) is 0.278. The predicted molar refractivity (Wildman–Crippen MR) is 139 cm³/mol. The number of hydrogen-bond acceptors (Lipinski definition) is 0. The summed E-state index contributed by atoms with van der Waals surface area (Å²) in [6.07, 6.45) is 14.6. The monoisotopic (exact) mass is 545 g/mol. The van der Waals surface area contributed by atoms with Gasteiger partial charge in [-0.15, -0.1) is 0 Å². The Labute approximate surface area is 196 Å². The van der Waals surface area contributed by atoms with Crippen molar-refractivity contribution in [3.63, 3.8) is 0 Å². The van der Waals surface area contributed by atoms with E-state index in [0.717, 1.165) is 25.7 Å². The first-order chi connectivity index (χ1) is 13.6. The van der Waals surface area contributed by atoms with Crippen LogP contribution in [0.15, 0.2) is 46.6 Å². The third-order valence-corrected chi connectivity index (χ3v) is 59.2. The summed E-state index contributed by atoms with van der Waals surface area (Å²) in [4.78, 5) is 0. The molecule has 2 rings (SSSR count). The summed E-state index contributed by atoms with van der Waals surface area (Å²) in [5.41, 5.74) is 6.07. The van der Waals surface area contributed by atoms with Gasteiger partial charge in [-0.05, 0) is 0 Å². The van der Waals surface area contributed by atoms with Gasteiger partial charge in [0.15, 0.2) is 0 Å². The summed E-state index contributed by atoms with van der Waals surface area (Å²) in [6, 6.07) is 0. The fraction of sp³-hybridized carbons (Fsp3) is 0.692. The molecule has 0 spiro atoms. The molecule has 0 fully saturated rings. The molecule has 0 saturated heterocycles. The van der Waals surface area contributed by atoms with Crippen molar-refractivity contribution in [1.82, 2.24) is 0 Å². The second-order valence-corrected chi connectivity index (χ2v) is 54.7. The standard InChI is InChI=1S/2C12H19.C2H7Si.2ClH.Zr/c2*1-5-6-10-7-8-11(9-10)12(2,3)4;1-3-2;;;/h2*7-9H,5-6H2,1-4H3;3H,1-2H3;2*1H;/q;;;;;+2/p-2. The van der Waals surface area contributed by atoms with Crippen LogP contribution in [0.1, 0.15) is 81.1 Å². The topological polar surface area (TPSA) is 0 Å². The molecule has 0 nitrogen and oxygen atoms in total. The number of allylic oxidation sites excluding steroid dienone is 8. The van der Waals surface area contributed by atoms with Gasteiger partial charge in [-0.1, -0.05) is 0 Å². The molecule has 30 heavy (non-hydrogen) atoms. The predicted octanol–water partition coefficient (Wildman–Crippen LogP) is 9.97. The van der Waals surface area contributed by atoms with E-state index in [4.69, 9.17) is 17.0 Å². The zero-order valence-electron chi connectivity index (χ0n) is 21.1. The van der Waals surface area contributed by atoms with Gasteiger partial charge in [0.2, 0.25) is 0 Å². The first kappa shape index (κ1) is 26.9. The van der Waals surface area contributed by atoms with Gasteiger partial charge in [0.25, 0.3) is 0 Å². The van der Waals surface area contributed by atoms with Crippen molar-refractivity contribution in [3.8, 4) is 0 Å². The molecule has 2 atom stereocenters. The number of hydrogen-bond donors (Lipinski definition) is 0. The molecule has 0 saturated carbocycles. The minimum absolute atomic E-state index is 0.0823. The first-order valence-electron chi connectivity index (χ1n) is 12.0. The van der Waals surface area contributed by atoms with E-state index in [1.54, 1.807) is 0 Å². The molecule has 0 radical (unpaired) electrons. The fourth-order valence-corrected chi connectivity index (χ4v) is 34.0. The molecular weight excluding hydrogens is 503 g/mol. The van der Waals surface area contributed by atoms with Gasteiger partial charge in [0, 0.05) is 0 Å². The van der Waals surface area contributed by atoms with Crippen molar-refractivity contribution in [1.29, 1.82) is 0 Å². The zero-order chi connectivity index (χ0) is 23.1. The Morgan fingerprint density at radius 2 is 1.10 bits per heavy atom. The van der Waals surface area contributed by atoms with Gasteiger partial charge in [0.1, 0.15) is 0 Å². The maximum absolute atomic E-state index is 8.14. The van der Waals surface area contributed by atoms with E-state index < -0.39 is 21.5 Å². The van der Waals surface area contributed by atoms with Crippen LogP contribution in [0.5, 0.6) is 0 Å². The van der Waals surface area contributed by atoms with Gasteiger partial charge in [0.05, 0.1) is 0 Å². The molecule has 0 aromatic rings. The number of halogens is 2. The van der Waals surface area contributed by atoms with Crippen LogP contribution in [0.2, 0.25) is 20.3 Å². The molecule has 0 N–H and O–H groups in total. The maximum atomic E-state index is 8.14. The van der Waals surface area contributed by atoms with Crippen LogP contribution in [0, 0.1) is 10.8 Å². The van der Waals surface area contributed by atoms with Gasteiger partial charge < -0.3 is 0 Å².